The lowest BCUT2D eigenvalue weighted by molar-refractivity contribution is -0.145. The third-order valence-corrected chi connectivity index (χ3v) is 3.67. The molecule has 1 aliphatic heterocycles. The molecule has 1 aromatic rings. The number of amides is 3. The molecule has 1 saturated heterocycles. The molecule has 0 saturated carbocycles. The summed E-state index contributed by atoms with van der Waals surface area (Å²) in [5.41, 5.74) is 0.705. The number of nitrogens with one attached hydrogen (secondary N) is 1. The molecule has 122 valence electrons. The van der Waals surface area contributed by atoms with Crippen molar-refractivity contribution >= 4 is 17.9 Å². The minimum atomic E-state index is -0.734. The number of benzene rings is 1. The number of hydrogen-bond donors (Lipinski definition) is 1. The Balaban J connectivity index is 2.21. The molecule has 0 radical (unpaired) electrons. The molecule has 6 heteroatoms. The van der Waals surface area contributed by atoms with Crippen molar-refractivity contribution in [2.75, 3.05) is 6.54 Å². The fourth-order valence-electron chi connectivity index (χ4n) is 2.40. The van der Waals surface area contributed by atoms with Crippen LogP contribution in [-0.2, 0) is 14.3 Å². The summed E-state index contributed by atoms with van der Waals surface area (Å²) < 4.78 is 5.31. The summed E-state index contributed by atoms with van der Waals surface area (Å²) in [7, 11) is 0. The van der Waals surface area contributed by atoms with E-state index in [0.717, 1.165) is 11.0 Å². The second kappa shape index (κ2) is 7.09. The Kier molecular flexibility index (Phi) is 5.16. The fourth-order valence-corrected chi connectivity index (χ4v) is 2.40. The number of carbonyl (C=O) groups excluding carboxylic acids is 3. The van der Waals surface area contributed by atoms with Crippen LogP contribution < -0.4 is 5.32 Å². The van der Waals surface area contributed by atoms with Gasteiger partial charge < -0.3 is 10.1 Å². The maximum Gasteiger partial charge on any atom is 0.330 e. The molecule has 2 atom stereocenters. The number of ether oxygens (including phenoxy) is 1. The Morgan fingerprint density at radius 3 is 2.52 bits per heavy atom. The van der Waals surface area contributed by atoms with Crippen molar-refractivity contribution in [1.29, 1.82) is 0 Å². The minimum absolute atomic E-state index is 0.0117. The van der Waals surface area contributed by atoms with Gasteiger partial charge in [-0.1, -0.05) is 50.8 Å². The van der Waals surface area contributed by atoms with Gasteiger partial charge in [-0.25, -0.2) is 9.59 Å². The van der Waals surface area contributed by atoms with Crippen LogP contribution in [0.2, 0.25) is 0 Å². The normalized spacial score (nSPS) is 18.7. The molecule has 1 aliphatic rings. The first-order chi connectivity index (χ1) is 10.9. The fraction of sp³-hybridized carbons (Fsp3) is 0.353. The molecular formula is C17H20N2O4. The second-order valence-electron chi connectivity index (χ2n) is 5.66. The number of carbonyl (C=O) groups is 3. The van der Waals surface area contributed by atoms with Crippen molar-refractivity contribution in [2.45, 2.75) is 26.0 Å². The van der Waals surface area contributed by atoms with Crippen molar-refractivity contribution in [3.05, 3.63) is 48.6 Å². The molecule has 6 nitrogen and oxygen atoms in total. The lowest BCUT2D eigenvalue weighted by atomic mass is 10.0. The maximum atomic E-state index is 12.4. The SMILES string of the molecule is C=CC(=O)OC(CN1C(=O)NC(C(C)C)C1=O)c1ccccc1. The van der Waals surface area contributed by atoms with Crippen LogP contribution in [0.5, 0.6) is 0 Å². The standard InChI is InChI=1S/C17H20N2O4/c1-4-14(20)23-13(12-8-6-5-7-9-12)10-19-16(21)15(11(2)3)18-17(19)22/h4-9,11,13,15H,1,10H2,2-3H3,(H,18,22). The van der Waals surface area contributed by atoms with Gasteiger partial charge in [-0.2, -0.15) is 0 Å². The van der Waals surface area contributed by atoms with Crippen LogP contribution in [0.4, 0.5) is 4.79 Å². The van der Waals surface area contributed by atoms with Crippen LogP contribution in [0.3, 0.4) is 0 Å². The molecule has 0 bridgehead atoms. The predicted octanol–water partition coefficient (Wildman–Crippen LogP) is 2.03. The monoisotopic (exact) mass is 316 g/mol. The van der Waals surface area contributed by atoms with E-state index >= 15 is 0 Å². The first kappa shape index (κ1) is 16.7. The smallest absolute Gasteiger partial charge is 0.330 e. The van der Waals surface area contributed by atoms with E-state index in [1.54, 1.807) is 24.3 Å². The zero-order valence-electron chi connectivity index (χ0n) is 13.2. The van der Waals surface area contributed by atoms with Crippen LogP contribution >= 0.6 is 0 Å². The van der Waals surface area contributed by atoms with E-state index < -0.39 is 24.1 Å². The van der Waals surface area contributed by atoms with E-state index in [-0.39, 0.29) is 18.4 Å². The number of rotatable bonds is 6. The summed E-state index contributed by atoms with van der Waals surface area (Å²) in [5, 5.41) is 2.65. The van der Waals surface area contributed by atoms with Gasteiger partial charge in [0.2, 0.25) is 0 Å². The zero-order chi connectivity index (χ0) is 17.0. The van der Waals surface area contributed by atoms with Gasteiger partial charge in [0.25, 0.3) is 5.91 Å². The van der Waals surface area contributed by atoms with E-state index in [0.29, 0.717) is 5.56 Å². The highest BCUT2D eigenvalue weighted by atomic mass is 16.5. The number of hydrogen-bond acceptors (Lipinski definition) is 4. The molecule has 1 aromatic carbocycles. The average Bonchev–Trinajstić information content (AvgIpc) is 2.83. The average molecular weight is 316 g/mol. The van der Waals surface area contributed by atoms with Crippen LogP contribution in [0.1, 0.15) is 25.5 Å². The van der Waals surface area contributed by atoms with Gasteiger partial charge >= 0.3 is 12.0 Å². The third kappa shape index (κ3) is 3.77. The minimum Gasteiger partial charge on any atom is -0.452 e. The topological polar surface area (TPSA) is 75.7 Å². The lowest BCUT2D eigenvalue weighted by Gasteiger charge is -2.22. The molecule has 2 unspecified atom stereocenters. The highest BCUT2D eigenvalue weighted by molar-refractivity contribution is 6.04. The predicted molar refractivity (Wildman–Crippen MR) is 84.3 cm³/mol. The molecule has 23 heavy (non-hydrogen) atoms. The number of urea groups is 1. The molecule has 0 aliphatic carbocycles. The molecule has 0 aromatic heterocycles. The van der Waals surface area contributed by atoms with Crippen molar-refractivity contribution in [3.8, 4) is 0 Å². The van der Waals surface area contributed by atoms with E-state index in [9.17, 15) is 14.4 Å². The molecule has 1 N–H and O–H groups in total. The molecule has 2 rings (SSSR count). The van der Waals surface area contributed by atoms with Gasteiger partial charge in [0.05, 0.1) is 6.54 Å². The zero-order valence-corrected chi connectivity index (χ0v) is 13.2. The first-order valence-corrected chi connectivity index (χ1v) is 7.44. The van der Waals surface area contributed by atoms with Gasteiger partial charge in [0, 0.05) is 6.08 Å². The van der Waals surface area contributed by atoms with E-state index in [1.165, 1.54) is 0 Å². The van der Waals surface area contributed by atoms with Crippen LogP contribution in [-0.4, -0.2) is 35.4 Å². The third-order valence-electron chi connectivity index (χ3n) is 3.67. The summed E-state index contributed by atoms with van der Waals surface area (Å²) in [6.45, 7) is 7.06. The van der Waals surface area contributed by atoms with Crippen LogP contribution in [0.25, 0.3) is 0 Å². The Morgan fingerprint density at radius 1 is 1.35 bits per heavy atom. The summed E-state index contributed by atoms with van der Waals surface area (Å²) in [6, 6.07) is 7.97. The Labute approximate surface area is 135 Å². The molecule has 1 heterocycles. The maximum absolute atomic E-state index is 12.4. The van der Waals surface area contributed by atoms with Crippen LogP contribution in [0, 0.1) is 5.92 Å². The van der Waals surface area contributed by atoms with Crippen LogP contribution in [0.15, 0.2) is 43.0 Å². The molecule has 0 spiro atoms. The molecule has 3 amide bonds. The van der Waals surface area contributed by atoms with Gasteiger partial charge in [0.1, 0.15) is 12.1 Å². The van der Waals surface area contributed by atoms with Gasteiger partial charge in [-0.15, -0.1) is 0 Å². The second-order valence-corrected chi connectivity index (χ2v) is 5.66. The lowest BCUT2D eigenvalue weighted by Crippen LogP contribution is -2.37. The van der Waals surface area contributed by atoms with Crippen molar-refractivity contribution in [2.24, 2.45) is 5.92 Å². The largest absolute Gasteiger partial charge is 0.452 e. The molecule has 1 fully saturated rings. The Bertz CT molecular complexity index is 612. The number of esters is 1. The first-order valence-electron chi connectivity index (χ1n) is 7.44. The van der Waals surface area contributed by atoms with Gasteiger partial charge in [-0.3, -0.25) is 9.69 Å². The quantitative estimate of drug-likeness (QED) is 0.495. The van der Waals surface area contributed by atoms with E-state index in [2.05, 4.69) is 11.9 Å². The van der Waals surface area contributed by atoms with Gasteiger partial charge in [0.15, 0.2) is 0 Å². The summed E-state index contributed by atoms with van der Waals surface area (Å²) in [4.78, 5) is 37.1. The summed E-state index contributed by atoms with van der Waals surface area (Å²) in [5.74, 6) is -0.922. The highest BCUT2D eigenvalue weighted by Crippen LogP contribution is 2.22. The van der Waals surface area contributed by atoms with Crippen molar-refractivity contribution < 1.29 is 19.1 Å². The Hall–Kier alpha value is -2.63. The molecular weight excluding hydrogens is 296 g/mol. The summed E-state index contributed by atoms with van der Waals surface area (Å²) >= 11 is 0. The number of nitrogens with zero attached hydrogens (tertiary/aromatic N) is 1. The summed E-state index contributed by atoms with van der Waals surface area (Å²) in [6.07, 6.45) is 0.320. The van der Waals surface area contributed by atoms with Crippen molar-refractivity contribution in [1.82, 2.24) is 10.2 Å². The van der Waals surface area contributed by atoms with Crippen molar-refractivity contribution in [3.63, 3.8) is 0 Å². The Morgan fingerprint density at radius 2 is 2.00 bits per heavy atom. The van der Waals surface area contributed by atoms with E-state index in [1.807, 2.05) is 19.9 Å². The highest BCUT2D eigenvalue weighted by Gasteiger charge is 2.41. The number of imide groups is 1. The van der Waals surface area contributed by atoms with Gasteiger partial charge in [-0.05, 0) is 11.5 Å². The van der Waals surface area contributed by atoms with E-state index in [4.69, 9.17) is 4.74 Å².